The molecule has 508 valence electrons. The maximum atomic E-state index is 12.9. The zero-order valence-electron chi connectivity index (χ0n) is 57.1. The number of allylic oxidation sites excluding steroid dienone is 12. The summed E-state index contributed by atoms with van der Waals surface area (Å²) in [5.41, 5.74) is 0. The number of hydrogen-bond donors (Lipinski definition) is 4. The fourth-order valence-corrected chi connectivity index (χ4v) is 13.5. The third kappa shape index (κ3) is 59.1. The molecule has 1 aliphatic heterocycles. The summed E-state index contributed by atoms with van der Waals surface area (Å²) >= 11 is 0. The number of ether oxygens (including phenoxy) is 1. The van der Waals surface area contributed by atoms with Crippen LogP contribution in [0.1, 0.15) is 278 Å². The Balaban J connectivity index is 2.44. The molecule has 0 bridgehead atoms. The van der Waals surface area contributed by atoms with Gasteiger partial charge in [0.15, 0.2) is 0 Å². The normalized spacial score (nSPS) is 15.4. The summed E-state index contributed by atoms with van der Waals surface area (Å²) in [6.07, 6.45) is 68.6. The number of esters is 1. The van der Waals surface area contributed by atoms with E-state index in [0.717, 1.165) is 179 Å². The molecule has 0 aromatic rings. The van der Waals surface area contributed by atoms with Crippen molar-refractivity contribution in [1.29, 1.82) is 0 Å². The second-order valence-electron chi connectivity index (χ2n) is 25.2. The molecule has 1 heterocycles. The van der Waals surface area contributed by atoms with E-state index in [-0.39, 0.29) is 18.2 Å². The van der Waals surface area contributed by atoms with Crippen molar-refractivity contribution in [2.24, 2.45) is 0 Å². The van der Waals surface area contributed by atoms with Crippen molar-refractivity contribution < 1.29 is 30.0 Å². The Morgan fingerprint density at radius 3 is 1.14 bits per heavy atom. The highest BCUT2D eigenvalue weighted by atomic mass is 33.1. The van der Waals surface area contributed by atoms with Crippen LogP contribution in [0, 0.1) is 0 Å². The molecule has 0 aliphatic carbocycles. The van der Waals surface area contributed by atoms with Gasteiger partial charge in [0.25, 0.3) is 0 Å². The SMILES string of the molecule is CC/C=C\C/C=C\C/C=C\CCCCCCC(O)CN(CCCSSCCN1CCN(CCOC(=O)CCCN(CC(O)CCCCCCCCCC)CC(O)CCCCCCCCCC)CC1)CC(O)CCCCCC/C=C\C/C=C\C/C=C\CC. The minimum Gasteiger partial charge on any atom is -0.464 e. The van der Waals surface area contributed by atoms with Crippen molar-refractivity contribution in [3.63, 3.8) is 0 Å². The number of carbonyl (C=O) groups excluding carboxylic acids is 1. The second-order valence-corrected chi connectivity index (χ2v) is 27.9. The Morgan fingerprint density at radius 2 is 0.736 bits per heavy atom. The third-order valence-electron chi connectivity index (χ3n) is 16.8. The van der Waals surface area contributed by atoms with Crippen LogP contribution in [0.3, 0.4) is 0 Å². The average Bonchev–Trinajstić information content (AvgIpc) is 3.61. The van der Waals surface area contributed by atoms with E-state index in [9.17, 15) is 25.2 Å². The van der Waals surface area contributed by atoms with Gasteiger partial charge in [-0.1, -0.05) is 263 Å². The Bertz CT molecular complexity index is 1550. The first-order valence-corrected chi connectivity index (χ1v) is 39.1. The average molecular weight is 1260 g/mol. The lowest BCUT2D eigenvalue weighted by molar-refractivity contribution is -0.144. The van der Waals surface area contributed by atoms with Crippen molar-refractivity contribution in [1.82, 2.24) is 19.6 Å². The highest BCUT2D eigenvalue weighted by Crippen LogP contribution is 2.23. The van der Waals surface area contributed by atoms with E-state index in [2.05, 4.69) is 120 Å². The monoisotopic (exact) mass is 1260 g/mol. The van der Waals surface area contributed by atoms with E-state index in [4.69, 9.17) is 4.74 Å². The van der Waals surface area contributed by atoms with Crippen LogP contribution in [0.4, 0.5) is 0 Å². The molecule has 4 atom stereocenters. The molecule has 0 aromatic heterocycles. The first kappa shape index (κ1) is 83.3. The molecule has 10 nitrogen and oxygen atoms in total. The van der Waals surface area contributed by atoms with E-state index in [1.165, 1.54) is 116 Å². The molecule has 1 rings (SSSR count). The molecule has 12 heteroatoms. The summed E-state index contributed by atoms with van der Waals surface area (Å²) in [6, 6.07) is 0. The molecular formula is C75H140N4O6S2. The van der Waals surface area contributed by atoms with Crippen LogP contribution >= 0.6 is 21.6 Å². The summed E-state index contributed by atoms with van der Waals surface area (Å²) < 4.78 is 5.74. The molecular weight excluding hydrogens is 1120 g/mol. The highest BCUT2D eigenvalue weighted by molar-refractivity contribution is 8.76. The van der Waals surface area contributed by atoms with Gasteiger partial charge in [-0.15, -0.1) is 0 Å². The molecule has 4 unspecified atom stereocenters. The Labute approximate surface area is 546 Å². The number of piperazine rings is 1. The van der Waals surface area contributed by atoms with Crippen LogP contribution < -0.4 is 0 Å². The van der Waals surface area contributed by atoms with Gasteiger partial charge >= 0.3 is 5.97 Å². The zero-order chi connectivity index (χ0) is 63.0. The van der Waals surface area contributed by atoms with Gasteiger partial charge in [0, 0.05) is 83.4 Å². The van der Waals surface area contributed by atoms with Gasteiger partial charge in [-0.05, 0) is 116 Å². The van der Waals surface area contributed by atoms with Crippen LogP contribution in [0.2, 0.25) is 0 Å². The standard InChI is InChI=1S/C75H140N4O6S2/c1-5-9-13-17-21-25-27-29-31-33-35-39-43-47-53-73(82)69-79(70-74(83)54-48-44-40-36-34-32-30-28-26-22-18-14-10-6-2)57-50-65-86-87-66-63-77-60-58-76(59-61-77)62-64-85-75(84)55-49-56-78(67-71(80)51-45-41-37-23-19-15-11-7-3)68-72(81)52-46-42-38-24-20-16-12-8-4/h9-10,13-14,21-22,25-26,29-32,71-74,80-83H,5-8,11-12,15-20,23-24,27-28,33-70H2,1-4H3/b13-9-,14-10-,25-21-,26-22-,31-29-,32-30-. The van der Waals surface area contributed by atoms with Crippen LogP contribution in [-0.2, 0) is 9.53 Å². The summed E-state index contributed by atoms with van der Waals surface area (Å²) in [6.45, 7) is 19.1. The van der Waals surface area contributed by atoms with Gasteiger partial charge < -0.3 is 25.2 Å². The highest BCUT2D eigenvalue weighted by Gasteiger charge is 2.20. The van der Waals surface area contributed by atoms with Gasteiger partial charge in [-0.3, -0.25) is 24.4 Å². The summed E-state index contributed by atoms with van der Waals surface area (Å²) in [7, 11) is 3.92. The van der Waals surface area contributed by atoms with Crippen molar-refractivity contribution in [3.05, 3.63) is 72.9 Å². The Kier molecular flexibility index (Phi) is 63.0. The Morgan fingerprint density at radius 1 is 0.402 bits per heavy atom. The first-order chi connectivity index (χ1) is 42.7. The maximum Gasteiger partial charge on any atom is 0.305 e. The van der Waals surface area contributed by atoms with Gasteiger partial charge in [0.05, 0.1) is 24.4 Å². The minimum absolute atomic E-state index is 0.150. The number of hydrogen-bond acceptors (Lipinski definition) is 12. The first-order valence-electron chi connectivity index (χ1n) is 36.6. The Hall–Kier alpha value is -1.71. The fraction of sp³-hybridized carbons (Fsp3) is 0.827. The number of aliphatic hydroxyl groups is 4. The van der Waals surface area contributed by atoms with Crippen LogP contribution in [-0.4, -0.2) is 167 Å². The number of rotatable bonds is 65. The van der Waals surface area contributed by atoms with E-state index in [1.54, 1.807) is 0 Å². The quantitative estimate of drug-likeness (QED) is 0.0201. The molecule has 0 spiro atoms. The molecule has 87 heavy (non-hydrogen) atoms. The van der Waals surface area contributed by atoms with E-state index < -0.39 is 12.2 Å². The lowest BCUT2D eigenvalue weighted by atomic mass is 10.0. The maximum absolute atomic E-state index is 12.9. The van der Waals surface area contributed by atoms with Crippen LogP contribution in [0.5, 0.6) is 0 Å². The van der Waals surface area contributed by atoms with Crippen molar-refractivity contribution in [2.75, 3.05) is 96.6 Å². The second kappa shape index (κ2) is 65.8. The molecule has 0 saturated carbocycles. The van der Waals surface area contributed by atoms with Gasteiger partial charge in [-0.25, -0.2) is 0 Å². The van der Waals surface area contributed by atoms with Crippen molar-refractivity contribution >= 4 is 27.6 Å². The number of carbonyl (C=O) groups is 1. The number of unbranched alkanes of at least 4 members (excludes halogenated alkanes) is 22. The smallest absolute Gasteiger partial charge is 0.305 e. The summed E-state index contributed by atoms with van der Waals surface area (Å²) in [4.78, 5) is 22.4. The summed E-state index contributed by atoms with van der Waals surface area (Å²) in [5, 5.41) is 44.4. The molecule has 1 aliphatic rings. The van der Waals surface area contributed by atoms with E-state index >= 15 is 0 Å². The van der Waals surface area contributed by atoms with E-state index in [1.807, 2.05) is 21.6 Å². The predicted molar refractivity (Wildman–Crippen MR) is 383 cm³/mol. The number of aliphatic hydroxyl groups excluding tert-OH is 4. The van der Waals surface area contributed by atoms with E-state index in [0.29, 0.717) is 52.2 Å². The zero-order valence-corrected chi connectivity index (χ0v) is 58.8. The molecule has 0 aromatic carbocycles. The summed E-state index contributed by atoms with van der Waals surface area (Å²) in [5.74, 6) is 2.00. The van der Waals surface area contributed by atoms with Gasteiger partial charge in [0.1, 0.15) is 6.61 Å². The molecule has 1 fully saturated rings. The molecule has 0 radical (unpaired) electrons. The van der Waals surface area contributed by atoms with Crippen molar-refractivity contribution in [2.45, 2.75) is 303 Å². The predicted octanol–water partition coefficient (Wildman–Crippen LogP) is 18.2. The molecule has 1 saturated heterocycles. The van der Waals surface area contributed by atoms with Gasteiger partial charge in [0.2, 0.25) is 0 Å². The number of nitrogens with zero attached hydrogens (tertiary/aromatic N) is 4. The molecule has 0 amide bonds. The van der Waals surface area contributed by atoms with Crippen molar-refractivity contribution in [3.8, 4) is 0 Å². The van der Waals surface area contributed by atoms with Crippen LogP contribution in [0.25, 0.3) is 0 Å². The van der Waals surface area contributed by atoms with Gasteiger partial charge in [-0.2, -0.15) is 0 Å². The topological polar surface area (TPSA) is 120 Å². The fourth-order valence-electron chi connectivity index (χ4n) is 11.4. The van der Waals surface area contributed by atoms with Crippen LogP contribution in [0.15, 0.2) is 72.9 Å². The lowest BCUT2D eigenvalue weighted by Crippen LogP contribution is -2.47. The molecule has 4 N–H and O–H groups in total. The largest absolute Gasteiger partial charge is 0.464 e. The minimum atomic E-state index is -0.410. The lowest BCUT2D eigenvalue weighted by Gasteiger charge is -2.34. The third-order valence-corrected chi connectivity index (χ3v) is 19.3.